The number of hydrogen-bond donors (Lipinski definition) is 5. The number of aromatic nitrogens is 6. The van der Waals surface area contributed by atoms with Crippen LogP contribution in [0.4, 0.5) is 34.9 Å². The summed E-state index contributed by atoms with van der Waals surface area (Å²) in [7, 11) is 2.15. The number of likely N-dealkylation sites (N-methyl/N-ethyl adjacent to an activating group) is 1. The Labute approximate surface area is 373 Å². The monoisotopic (exact) mass is 870 g/mol. The Balaban J connectivity index is 0.000000162. The van der Waals surface area contributed by atoms with E-state index < -0.39 is 0 Å². The van der Waals surface area contributed by atoms with Gasteiger partial charge in [-0.15, -0.1) is 0 Å². The van der Waals surface area contributed by atoms with E-state index in [-0.39, 0.29) is 6.61 Å². The molecule has 4 aromatic heterocycles. The molecule has 0 aliphatic carbocycles. The molecule has 0 radical (unpaired) electrons. The van der Waals surface area contributed by atoms with Crippen molar-refractivity contribution < 1.29 is 23.4 Å². The number of ether oxygens (including phenoxy) is 2. The van der Waals surface area contributed by atoms with Gasteiger partial charge in [-0.2, -0.15) is 9.97 Å². The van der Waals surface area contributed by atoms with E-state index in [4.69, 9.17) is 38.2 Å². The van der Waals surface area contributed by atoms with Gasteiger partial charge in [-0.25, -0.2) is 19.9 Å². The molecule has 2 saturated heterocycles. The molecule has 2 fully saturated rings. The summed E-state index contributed by atoms with van der Waals surface area (Å²) in [6, 6.07) is 15.9. The molecule has 64 heavy (non-hydrogen) atoms. The molecule has 17 heteroatoms. The number of anilines is 6. The maximum absolute atomic E-state index is 9.38. The molecule has 10 rings (SSSR count). The van der Waals surface area contributed by atoms with Crippen molar-refractivity contribution in [2.45, 2.75) is 51.6 Å². The average molecular weight is 871 g/mol. The second-order valence-electron chi connectivity index (χ2n) is 16.9. The molecule has 0 spiro atoms. The van der Waals surface area contributed by atoms with Crippen LogP contribution in [0.2, 0.25) is 0 Å². The highest BCUT2D eigenvalue weighted by atomic mass is 16.5. The first-order valence-corrected chi connectivity index (χ1v) is 22.5. The fourth-order valence-electron chi connectivity index (χ4n) is 8.55. The van der Waals surface area contributed by atoms with E-state index in [0.717, 1.165) is 167 Å². The number of nitrogens with zero attached hydrogens (tertiary/aromatic N) is 8. The molecule has 5 N–H and O–H groups in total. The molecule has 0 saturated carbocycles. The summed E-state index contributed by atoms with van der Waals surface area (Å²) in [6.07, 6.45) is 12.4. The average Bonchev–Trinajstić information content (AvgIpc) is 4.09. The fourth-order valence-corrected chi connectivity index (χ4v) is 8.55. The van der Waals surface area contributed by atoms with Gasteiger partial charge < -0.3 is 49.6 Å². The van der Waals surface area contributed by atoms with Crippen LogP contribution in [-0.4, -0.2) is 118 Å². The zero-order chi connectivity index (χ0) is 43.5. The third-order valence-electron chi connectivity index (χ3n) is 12.3. The zero-order valence-corrected chi connectivity index (χ0v) is 36.5. The van der Waals surface area contributed by atoms with Crippen LogP contribution >= 0.6 is 0 Å². The third-order valence-corrected chi connectivity index (χ3v) is 12.3. The van der Waals surface area contributed by atoms with Crippen molar-refractivity contribution in [3.63, 3.8) is 0 Å². The Bertz CT molecular complexity index is 2370. The van der Waals surface area contributed by atoms with Crippen molar-refractivity contribution in [1.29, 1.82) is 0 Å². The molecule has 6 aromatic rings. The lowest BCUT2D eigenvalue weighted by Gasteiger charge is -2.30. The minimum absolute atomic E-state index is 0.157. The van der Waals surface area contributed by atoms with Crippen molar-refractivity contribution in [2.75, 3.05) is 94.1 Å². The molecule has 0 bridgehead atoms. The maximum Gasteiger partial charge on any atom is 0.229 e. The third kappa shape index (κ3) is 11.2. The van der Waals surface area contributed by atoms with Gasteiger partial charge in [0.2, 0.25) is 11.9 Å². The van der Waals surface area contributed by atoms with Crippen LogP contribution in [0, 0.1) is 11.8 Å². The van der Waals surface area contributed by atoms with Crippen molar-refractivity contribution in [3.8, 4) is 22.6 Å². The zero-order valence-electron chi connectivity index (χ0n) is 36.5. The molecule has 4 aliphatic heterocycles. The van der Waals surface area contributed by atoms with Crippen LogP contribution in [0.3, 0.4) is 0 Å². The summed E-state index contributed by atoms with van der Waals surface area (Å²) in [5.41, 5.74) is 8.33. The molecule has 17 nitrogen and oxygen atoms in total. The Hall–Kier alpha value is -5.98. The highest BCUT2D eigenvalue weighted by molar-refractivity contribution is 5.65. The van der Waals surface area contributed by atoms with Crippen LogP contribution in [-0.2, 0) is 35.4 Å². The molecule has 8 heterocycles. The predicted molar refractivity (Wildman–Crippen MR) is 245 cm³/mol. The van der Waals surface area contributed by atoms with Crippen LogP contribution < -0.4 is 21.3 Å². The Morgan fingerprint density at radius 3 is 1.58 bits per heavy atom. The second-order valence-corrected chi connectivity index (χ2v) is 16.9. The summed E-state index contributed by atoms with van der Waals surface area (Å²) >= 11 is 0. The largest absolute Gasteiger partial charge is 0.444 e. The molecule has 336 valence electrons. The van der Waals surface area contributed by atoms with Crippen LogP contribution in [0.1, 0.15) is 48.2 Å². The van der Waals surface area contributed by atoms with E-state index in [9.17, 15) is 5.11 Å². The van der Waals surface area contributed by atoms with Gasteiger partial charge in [-0.05, 0) is 93.1 Å². The summed E-state index contributed by atoms with van der Waals surface area (Å²) in [5, 5.41) is 23.3. The summed E-state index contributed by atoms with van der Waals surface area (Å²) in [5.74, 6) is 5.75. The number of rotatable bonds is 14. The number of hydrogen-bond acceptors (Lipinski definition) is 17. The van der Waals surface area contributed by atoms with E-state index in [1.807, 2.05) is 48.5 Å². The normalized spacial score (nSPS) is 17.2. The fraction of sp³-hybridized carbons (Fsp3) is 0.447. The summed E-state index contributed by atoms with van der Waals surface area (Å²) in [4.78, 5) is 31.9. The smallest absolute Gasteiger partial charge is 0.229 e. The lowest BCUT2D eigenvalue weighted by atomic mass is 10.00. The highest BCUT2D eigenvalue weighted by Gasteiger charge is 2.25. The number of fused-ring (bicyclic) bond motifs is 2. The van der Waals surface area contributed by atoms with E-state index in [0.29, 0.717) is 30.3 Å². The van der Waals surface area contributed by atoms with Crippen molar-refractivity contribution in [2.24, 2.45) is 11.8 Å². The van der Waals surface area contributed by atoms with Gasteiger partial charge in [0.1, 0.15) is 11.6 Å². The number of aliphatic hydroxyl groups excluding tert-OH is 1. The van der Waals surface area contributed by atoms with E-state index >= 15 is 0 Å². The highest BCUT2D eigenvalue weighted by Crippen LogP contribution is 2.30. The molecule has 0 amide bonds. The Morgan fingerprint density at radius 2 is 1.11 bits per heavy atom. The number of benzene rings is 2. The van der Waals surface area contributed by atoms with Crippen LogP contribution in [0.15, 0.2) is 82.5 Å². The molecular formula is C47H58N12O5. The van der Waals surface area contributed by atoms with Gasteiger partial charge in [0.15, 0.2) is 24.3 Å². The first kappa shape index (κ1) is 43.3. The number of oxazole rings is 2. The molecule has 0 atom stereocenters. The quantitative estimate of drug-likeness (QED) is 0.0769. The Kier molecular flexibility index (Phi) is 14.3. The van der Waals surface area contributed by atoms with E-state index in [1.165, 1.54) is 18.4 Å². The standard InChI is InChI=1S/C24H30N6O3.C23H28N6O2/c31-10-9-30-8-5-21-20(15-30)23(26-13-17-6-11-32-12-7-17)29-24(28-21)27-19-3-1-18(2-4-19)22-14-25-16-33-22;1-29-9-6-20-19(14-29)22(25-12-16-7-10-30-11-8-16)28-23(27-20)26-18-4-2-17(3-5-18)21-13-24-15-31-21/h1-4,14,16-17,31H,5-13,15H2,(H2,26,27,28,29);2-5,13,15-16H,6-12,14H2,1H3,(H2,25,26,27,28). The molecule has 0 unspecified atom stereocenters. The number of nitrogens with one attached hydrogen (secondary N) is 4. The minimum Gasteiger partial charge on any atom is -0.444 e. The first-order chi connectivity index (χ1) is 31.5. The lowest BCUT2D eigenvalue weighted by Crippen LogP contribution is -2.34. The summed E-state index contributed by atoms with van der Waals surface area (Å²) < 4.78 is 21.7. The topological polar surface area (TPSA) is 197 Å². The van der Waals surface area contributed by atoms with Gasteiger partial charge in [0.25, 0.3) is 0 Å². The number of β-amino-alcohol motifs (C(OH)–C–C–N with tert-alkyl or cyclic N) is 1. The van der Waals surface area contributed by atoms with E-state index in [1.54, 1.807) is 12.4 Å². The molecule has 4 aliphatic rings. The lowest BCUT2D eigenvalue weighted by molar-refractivity contribution is 0.0698. The number of aliphatic hydroxyl groups is 1. The SMILES string of the molecule is CN1CCc2nc(Nc3ccc(-c4cnco4)cc3)nc(NCC3CCOCC3)c2C1.OCCN1CCc2nc(Nc3ccc(-c4cnco4)cc3)nc(NCC3CCOCC3)c2C1. The molecular weight excluding hydrogens is 813 g/mol. The second kappa shape index (κ2) is 21.1. The van der Waals surface area contributed by atoms with Gasteiger partial charge in [-0.3, -0.25) is 4.90 Å². The summed E-state index contributed by atoms with van der Waals surface area (Å²) in [6.45, 7) is 9.49. The van der Waals surface area contributed by atoms with Crippen LogP contribution in [0.5, 0.6) is 0 Å². The first-order valence-electron chi connectivity index (χ1n) is 22.5. The minimum atomic E-state index is 0.157. The van der Waals surface area contributed by atoms with Crippen molar-refractivity contribution in [1.82, 2.24) is 39.7 Å². The van der Waals surface area contributed by atoms with Crippen molar-refractivity contribution >= 4 is 34.9 Å². The Morgan fingerprint density at radius 1 is 0.625 bits per heavy atom. The van der Waals surface area contributed by atoms with Crippen LogP contribution in [0.25, 0.3) is 22.6 Å². The maximum atomic E-state index is 9.38. The van der Waals surface area contributed by atoms with E-state index in [2.05, 4.69) is 48.1 Å². The van der Waals surface area contributed by atoms with Gasteiger partial charge in [-0.1, -0.05) is 0 Å². The predicted octanol–water partition coefficient (Wildman–Crippen LogP) is 6.77. The van der Waals surface area contributed by atoms with Gasteiger partial charge >= 0.3 is 0 Å². The van der Waals surface area contributed by atoms with Gasteiger partial charge in [0.05, 0.1) is 30.4 Å². The molecule has 2 aromatic carbocycles. The van der Waals surface area contributed by atoms with Gasteiger partial charge in [0, 0.05) is 119 Å². The van der Waals surface area contributed by atoms with Crippen molar-refractivity contribution in [3.05, 3.63) is 96.2 Å².